The fourth-order valence-electron chi connectivity index (χ4n) is 3.48. The van der Waals surface area contributed by atoms with Gasteiger partial charge in [0.05, 0.1) is 18.9 Å². The van der Waals surface area contributed by atoms with Gasteiger partial charge in [-0.1, -0.05) is 0 Å². The Morgan fingerprint density at radius 3 is 2.83 bits per heavy atom. The quantitative estimate of drug-likeness (QED) is 0.759. The van der Waals surface area contributed by atoms with E-state index in [4.69, 9.17) is 19.6 Å². The SMILES string of the molecule is CN(C(=O)CO)C1CC(Oc2cc(-c3cccnc3)nc(N3CCOCC3)n2)C1. The topological polar surface area (TPSA) is 101 Å². The van der Waals surface area contributed by atoms with Crippen LogP contribution in [-0.2, 0) is 9.53 Å². The summed E-state index contributed by atoms with van der Waals surface area (Å²) in [5.41, 5.74) is 1.65. The van der Waals surface area contributed by atoms with Crippen LogP contribution in [0.3, 0.4) is 0 Å². The third-order valence-corrected chi connectivity index (χ3v) is 5.38. The van der Waals surface area contributed by atoms with Crippen LogP contribution in [0, 0.1) is 0 Å². The van der Waals surface area contributed by atoms with Crippen LogP contribution in [0.15, 0.2) is 30.6 Å². The smallest absolute Gasteiger partial charge is 0.248 e. The summed E-state index contributed by atoms with van der Waals surface area (Å²) in [5.74, 6) is 0.858. The summed E-state index contributed by atoms with van der Waals surface area (Å²) in [6.07, 6.45) is 4.89. The van der Waals surface area contributed by atoms with Gasteiger partial charge >= 0.3 is 0 Å². The lowest BCUT2D eigenvalue weighted by Gasteiger charge is -2.40. The van der Waals surface area contributed by atoms with Crippen molar-refractivity contribution in [1.82, 2.24) is 19.9 Å². The minimum Gasteiger partial charge on any atom is -0.474 e. The average Bonchev–Trinajstić information content (AvgIpc) is 2.76. The molecule has 9 nitrogen and oxygen atoms in total. The third-order valence-electron chi connectivity index (χ3n) is 5.38. The number of ether oxygens (including phenoxy) is 2. The fraction of sp³-hybridized carbons (Fsp3) is 0.500. The van der Waals surface area contributed by atoms with E-state index in [9.17, 15) is 4.79 Å². The zero-order valence-electron chi connectivity index (χ0n) is 16.4. The Labute approximate surface area is 169 Å². The molecule has 1 saturated heterocycles. The van der Waals surface area contributed by atoms with E-state index in [0.717, 1.165) is 24.3 Å². The predicted molar refractivity (Wildman–Crippen MR) is 106 cm³/mol. The number of aliphatic hydroxyl groups is 1. The molecule has 1 aliphatic carbocycles. The van der Waals surface area contributed by atoms with Gasteiger partial charge in [-0.05, 0) is 12.1 Å². The van der Waals surface area contributed by atoms with Crippen LogP contribution in [0.1, 0.15) is 12.8 Å². The first-order valence-electron chi connectivity index (χ1n) is 9.79. The van der Waals surface area contributed by atoms with Crippen LogP contribution < -0.4 is 9.64 Å². The summed E-state index contributed by atoms with van der Waals surface area (Å²) in [5, 5.41) is 9.01. The number of anilines is 1. The molecule has 0 atom stereocenters. The first kappa shape index (κ1) is 19.5. The number of morpholine rings is 1. The van der Waals surface area contributed by atoms with Gasteiger partial charge in [-0.3, -0.25) is 9.78 Å². The number of rotatable bonds is 6. The van der Waals surface area contributed by atoms with Crippen molar-refractivity contribution in [1.29, 1.82) is 0 Å². The van der Waals surface area contributed by atoms with Gasteiger partial charge in [-0.25, -0.2) is 4.98 Å². The van der Waals surface area contributed by atoms with Crippen molar-refractivity contribution >= 4 is 11.9 Å². The van der Waals surface area contributed by atoms with Gasteiger partial charge in [0, 0.05) is 63.0 Å². The molecule has 2 aromatic heterocycles. The maximum absolute atomic E-state index is 11.6. The summed E-state index contributed by atoms with van der Waals surface area (Å²) in [6.45, 7) is 2.28. The van der Waals surface area contributed by atoms with E-state index in [0.29, 0.717) is 37.9 Å². The molecule has 0 bridgehead atoms. The highest BCUT2D eigenvalue weighted by Crippen LogP contribution is 2.31. The highest BCUT2D eigenvalue weighted by molar-refractivity contribution is 5.77. The molecule has 0 aromatic carbocycles. The summed E-state index contributed by atoms with van der Waals surface area (Å²) in [6, 6.07) is 5.74. The van der Waals surface area contributed by atoms with Gasteiger partial charge < -0.3 is 24.4 Å². The molecule has 0 unspecified atom stereocenters. The number of nitrogens with zero attached hydrogens (tertiary/aromatic N) is 5. The third kappa shape index (κ3) is 4.46. The number of hydrogen-bond acceptors (Lipinski definition) is 8. The van der Waals surface area contributed by atoms with E-state index < -0.39 is 6.61 Å². The molecule has 3 heterocycles. The molecule has 1 N–H and O–H groups in total. The lowest BCUT2D eigenvalue weighted by atomic mass is 9.88. The van der Waals surface area contributed by atoms with E-state index >= 15 is 0 Å². The van der Waals surface area contributed by atoms with E-state index in [1.54, 1.807) is 24.3 Å². The van der Waals surface area contributed by atoms with Crippen LogP contribution in [-0.4, -0.2) is 83.0 Å². The second-order valence-electron chi connectivity index (χ2n) is 7.26. The minimum atomic E-state index is -0.470. The van der Waals surface area contributed by atoms with Crippen molar-refractivity contribution < 1.29 is 19.4 Å². The van der Waals surface area contributed by atoms with E-state index in [1.165, 1.54) is 0 Å². The van der Waals surface area contributed by atoms with Crippen molar-refractivity contribution in [2.24, 2.45) is 0 Å². The highest BCUT2D eigenvalue weighted by atomic mass is 16.5. The van der Waals surface area contributed by atoms with Crippen LogP contribution >= 0.6 is 0 Å². The molecular formula is C20H25N5O4. The summed E-state index contributed by atoms with van der Waals surface area (Å²) >= 11 is 0. The maximum Gasteiger partial charge on any atom is 0.248 e. The number of carbonyl (C=O) groups excluding carboxylic acids is 1. The number of carbonyl (C=O) groups is 1. The van der Waals surface area contributed by atoms with Crippen molar-refractivity contribution in [2.75, 3.05) is 44.9 Å². The zero-order chi connectivity index (χ0) is 20.2. The molecule has 1 saturated carbocycles. The lowest BCUT2D eigenvalue weighted by molar-refractivity contribution is -0.138. The van der Waals surface area contributed by atoms with Crippen LogP contribution in [0.2, 0.25) is 0 Å². The number of aromatic nitrogens is 3. The molecule has 1 amide bonds. The largest absolute Gasteiger partial charge is 0.474 e. The van der Waals surface area contributed by atoms with Gasteiger partial charge in [0.15, 0.2) is 0 Å². The second kappa shape index (κ2) is 8.71. The Bertz CT molecular complexity index is 838. The van der Waals surface area contributed by atoms with E-state index in [-0.39, 0.29) is 18.1 Å². The maximum atomic E-state index is 11.6. The molecule has 4 rings (SSSR count). The molecule has 1 aliphatic heterocycles. The number of aliphatic hydroxyl groups excluding tert-OH is 1. The normalized spacial score (nSPS) is 21.4. The molecular weight excluding hydrogens is 374 g/mol. The van der Waals surface area contributed by atoms with E-state index in [1.807, 2.05) is 18.2 Å². The molecule has 9 heteroatoms. The standard InChI is InChI=1S/C20H25N5O4/c1-24(19(27)13-26)15-9-16(10-15)29-18-11-17(14-3-2-4-21-12-14)22-20(23-18)25-5-7-28-8-6-25/h2-4,11-12,15-16,26H,5-10,13H2,1H3. The average molecular weight is 399 g/mol. The van der Waals surface area contributed by atoms with Crippen molar-refractivity contribution in [3.05, 3.63) is 30.6 Å². The molecule has 2 fully saturated rings. The van der Waals surface area contributed by atoms with Gasteiger partial charge in [0.2, 0.25) is 17.7 Å². The van der Waals surface area contributed by atoms with Crippen LogP contribution in [0.4, 0.5) is 5.95 Å². The number of amides is 1. The van der Waals surface area contributed by atoms with Crippen molar-refractivity contribution in [2.45, 2.75) is 25.0 Å². The molecule has 154 valence electrons. The summed E-state index contributed by atoms with van der Waals surface area (Å²) in [4.78, 5) is 28.8. The minimum absolute atomic E-state index is 0.0249. The number of hydrogen-bond donors (Lipinski definition) is 1. The number of likely N-dealkylation sites (N-methyl/N-ethyl adjacent to an activating group) is 1. The Morgan fingerprint density at radius 1 is 1.34 bits per heavy atom. The Hall–Kier alpha value is -2.78. The number of pyridine rings is 1. The molecule has 2 aromatic rings. The highest BCUT2D eigenvalue weighted by Gasteiger charge is 2.36. The molecule has 2 aliphatic rings. The first-order chi connectivity index (χ1) is 14.1. The van der Waals surface area contributed by atoms with Gasteiger partial charge in [-0.15, -0.1) is 0 Å². The van der Waals surface area contributed by atoms with Gasteiger partial charge in [0.1, 0.15) is 12.7 Å². The van der Waals surface area contributed by atoms with Crippen LogP contribution in [0.5, 0.6) is 5.88 Å². The second-order valence-corrected chi connectivity index (χ2v) is 7.26. The summed E-state index contributed by atoms with van der Waals surface area (Å²) < 4.78 is 11.5. The van der Waals surface area contributed by atoms with Crippen molar-refractivity contribution in [3.8, 4) is 17.1 Å². The predicted octanol–water partition coefficient (Wildman–Crippen LogP) is 0.736. The van der Waals surface area contributed by atoms with Crippen LogP contribution in [0.25, 0.3) is 11.3 Å². The summed E-state index contributed by atoms with van der Waals surface area (Å²) in [7, 11) is 1.71. The Morgan fingerprint density at radius 2 is 2.14 bits per heavy atom. The molecule has 0 spiro atoms. The fourth-order valence-corrected chi connectivity index (χ4v) is 3.48. The monoisotopic (exact) mass is 399 g/mol. The van der Waals surface area contributed by atoms with Gasteiger partial charge in [-0.2, -0.15) is 4.98 Å². The zero-order valence-corrected chi connectivity index (χ0v) is 16.4. The first-order valence-corrected chi connectivity index (χ1v) is 9.79. The molecule has 29 heavy (non-hydrogen) atoms. The van der Waals surface area contributed by atoms with Crippen molar-refractivity contribution in [3.63, 3.8) is 0 Å². The van der Waals surface area contributed by atoms with E-state index in [2.05, 4.69) is 14.9 Å². The Kier molecular flexibility index (Phi) is 5.86. The lowest BCUT2D eigenvalue weighted by Crippen LogP contribution is -2.50. The van der Waals surface area contributed by atoms with Gasteiger partial charge in [0.25, 0.3) is 0 Å². The molecule has 0 radical (unpaired) electrons. The Balaban J connectivity index is 1.51.